The average molecular weight is 331 g/mol. The Morgan fingerprint density at radius 3 is 2.52 bits per heavy atom. The maximum atomic E-state index is 2.36. The molecule has 0 saturated heterocycles. The lowest BCUT2D eigenvalue weighted by molar-refractivity contribution is 0.713. The Kier molecular flexibility index (Phi) is 6.58. The lowest BCUT2D eigenvalue weighted by atomic mass is 9.86. The molecule has 0 aromatic carbocycles. The first-order chi connectivity index (χ1) is 12.0. The van der Waals surface area contributed by atoms with E-state index in [1.165, 1.54) is 22.3 Å². The number of hydrogen-bond acceptors (Lipinski definition) is 0. The minimum atomic E-state index is -0.0899. The molecule has 0 spiro atoms. The molecule has 0 bridgehead atoms. The van der Waals surface area contributed by atoms with E-state index >= 15 is 0 Å². The van der Waals surface area contributed by atoms with Crippen molar-refractivity contribution in [1.29, 1.82) is 0 Å². The quantitative estimate of drug-likeness (QED) is 0.377. The van der Waals surface area contributed by atoms with Crippen molar-refractivity contribution < 1.29 is 0 Å². The summed E-state index contributed by atoms with van der Waals surface area (Å²) in [6, 6.07) is 0. The van der Waals surface area contributed by atoms with Gasteiger partial charge in [0.05, 0.1) is 0 Å². The van der Waals surface area contributed by atoms with E-state index in [1.54, 1.807) is 0 Å². The molecule has 0 heterocycles. The van der Waals surface area contributed by atoms with E-state index < -0.39 is 0 Å². The molecule has 0 heteroatoms. The average Bonchev–Trinajstić information content (AvgIpc) is 2.89. The van der Waals surface area contributed by atoms with Gasteiger partial charge >= 0.3 is 0 Å². The number of rotatable bonds is 4. The molecule has 0 aromatic heterocycles. The third-order valence-corrected chi connectivity index (χ3v) is 4.52. The normalized spacial score (nSPS) is 27.3. The van der Waals surface area contributed by atoms with Crippen LogP contribution in [0, 0.1) is 11.3 Å². The molecule has 2 atom stereocenters. The third kappa shape index (κ3) is 5.06. The van der Waals surface area contributed by atoms with Crippen molar-refractivity contribution in [3.05, 3.63) is 107 Å². The Morgan fingerprint density at radius 1 is 1.04 bits per heavy atom. The molecule has 2 aliphatic carbocycles. The second-order valence-corrected chi connectivity index (χ2v) is 6.87. The van der Waals surface area contributed by atoms with Gasteiger partial charge in [0.25, 0.3) is 0 Å². The molecule has 0 amide bonds. The van der Waals surface area contributed by atoms with Crippen molar-refractivity contribution in [2.45, 2.75) is 34.6 Å². The molecule has 2 aliphatic rings. The van der Waals surface area contributed by atoms with E-state index in [9.17, 15) is 0 Å². The monoisotopic (exact) mass is 330 g/mol. The van der Waals surface area contributed by atoms with E-state index in [2.05, 4.69) is 120 Å². The molecule has 0 radical (unpaired) electrons. The highest BCUT2D eigenvalue weighted by Gasteiger charge is 2.19. The molecule has 0 aromatic rings. The second kappa shape index (κ2) is 8.67. The van der Waals surface area contributed by atoms with Crippen LogP contribution in [-0.2, 0) is 0 Å². The predicted octanol–water partition coefficient (Wildman–Crippen LogP) is 7.20. The Hall–Kier alpha value is -2.34. The molecular weight excluding hydrogens is 300 g/mol. The van der Waals surface area contributed by atoms with Gasteiger partial charge in [0, 0.05) is 5.41 Å². The summed E-state index contributed by atoms with van der Waals surface area (Å²) in [7, 11) is 0. The van der Waals surface area contributed by atoms with Crippen LogP contribution in [0.4, 0.5) is 0 Å². The molecule has 130 valence electrons. The van der Waals surface area contributed by atoms with Crippen molar-refractivity contribution in [1.82, 2.24) is 0 Å². The first kappa shape index (κ1) is 19.0. The summed E-state index contributed by atoms with van der Waals surface area (Å²) in [4.78, 5) is 0. The first-order valence-corrected chi connectivity index (χ1v) is 9.15. The fourth-order valence-corrected chi connectivity index (χ4v) is 3.16. The Morgan fingerprint density at radius 2 is 1.84 bits per heavy atom. The Bertz CT molecular complexity index is 754. The van der Waals surface area contributed by atoms with Crippen LogP contribution < -0.4 is 0 Å². The standard InChI is InChI=1S/C25H30/c1-6-10-21(8-3)23-15-17-25(5,16-7-2)19-24(18-23)22-12-9-11-20(4)13-14-22/h6-20H,1-5H3/b10-6-,16-7+,21-8+. The highest BCUT2D eigenvalue weighted by molar-refractivity contribution is 5.59. The van der Waals surface area contributed by atoms with Crippen LogP contribution in [0.5, 0.6) is 0 Å². The summed E-state index contributed by atoms with van der Waals surface area (Å²) in [5.74, 6) is 0.470. The molecule has 2 rings (SSSR count). The largest absolute Gasteiger partial charge is 0.0905 e. The zero-order valence-corrected chi connectivity index (χ0v) is 16.2. The molecular formula is C25H30. The minimum Gasteiger partial charge on any atom is -0.0905 e. The zero-order valence-electron chi connectivity index (χ0n) is 16.2. The summed E-state index contributed by atoms with van der Waals surface area (Å²) >= 11 is 0. The van der Waals surface area contributed by atoms with E-state index in [0.717, 1.165) is 0 Å². The highest BCUT2D eigenvalue weighted by Crippen LogP contribution is 2.34. The van der Waals surface area contributed by atoms with E-state index in [4.69, 9.17) is 0 Å². The molecule has 25 heavy (non-hydrogen) atoms. The summed E-state index contributed by atoms with van der Waals surface area (Å²) in [6.45, 7) is 10.7. The molecule has 0 aliphatic heterocycles. The maximum Gasteiger partial charge on any atom is 0.0225 e. The lowest BCUT2D eigenvalue weighted by Crippen LogP contribution is -2.05. The van der Waals surface area contributed by atoms with Crippen molar-refractivity contribution in [2.24, 2.45) is 11.3 Å². The van der Waals surface area contributed by atoms with Crippen molar-refractivity contribution in [2.75, 3.05) is 0 Å². The van der Waals surface area contributed by atoms with Gasteiger partial charge in [-0.2, -0.15) is 0 Å². The SMILES string of the molecule is C/C=C\C(=C/C)C1=CC(C2=CC=CC(C)C=C2)=CC(C)(/C=C/C)C=C1. The van der Waals surface area contributed by atoms with Gasteiger partial charge in [0.15, 0.2) is 0 Å². The molecule has 0 nitrogen and oxygen atoms in total. The fraction of sp³-hybridized carbons (Fsp3) is 0.280. The van der Waals surface area contributed by atoms with Gasteiger partial charge in [-0.1, -0.05) is 85.9 Å². The zero-order chi connectivity index (χ0) is 18.3. The molecule has 0 saturated carbocycles. The van der Waals surface area contributed by atoms with Crippen LogP contribution in [0.2, 0.25) is 0 Å². The Labute approximate surface area is 153 Å². The summed E-state index contributed by atoms with van der Waals surface area (Å²) < 4.78 is 0. The van der Waals surface area contributed by atoms with Crippen LogP contribution in [0.25, 0.3) is 0 Å². The first-order valence-electron chi connectivity index (χ1n) is 9.15. The van der Waals surface area contributed by atoms with Crippen molar-refractivity contribution in [3.8, 4) is 0 Å². The van der Waals surface area contributed by atoms with Crippen LogP contribution in [0.1, 0.15) is 34.6 Å². The van der Waals surface area contributed by atoms with Crippen LogP contribution in [0.15, 0.2) is 107 Å². The topological polar surface area (TPSA) is 0 Å². The lowest BCUT2D eigenvalue weighted by Gasteiger charge is -2.18. The highest BCUT2D eigenvalue weighted by atomic mass is 14.2. The number of hydrogen-bond donors (Lipinski definition) is 0. The van der Waals surface area contributed by atoms with Gasteiger partial charge < -0.3 is 0 Å². The van der Waals surface area contributed by atoms with Crippen molar-refractivity contribution >= 4 is 0 Å². The van der Waals surface area contributed by atoms with Gasteiger partial charge in [-0.3, -0.25) is 0 Å². The van der Waals surface area contributed by atoms with Crippen LogP contribution in [0.3, 0.4) is 0 Å². The molecule has 0 fully saturated rings. The van der Waals surface area contributed by atoms with Gasteiger partial charge in [0.1, 0.15) is 0 Å². The molecule has 2 unspecified atom stereocenters. The van der Waals surface area contributed by atoms with E-state index in [1.807, 2.05) is 0 Å². The maximum absolute atomic E-state index is 2.36. The summed E-state index contributed by atoms with van der Waals surface area (Å²) in [5.41, 5.74) is 4.92. The molecule has 0 N–H and O–H groups in total. The summed E-state index contributed by atoms with van der Waals surface area (Å²) in [6.07, 6.45) is 31.1. The smallest absolute Gasteiger partial charge is 0.0225 e. The van der Waals surface area contributed by atoms with Gasteiger partial charge in [-0.25, -0.2) is 0 Å². The van der Waals surface area contributed by atoms with Gasteiger partial charge in [-0.15, -0.1) is 0 Å². The predicted molar refractivity (Wildman–Crippen MR) is 112 cm³/mol. The second-order valence-electron chi connectivity index (χ2n) is 6.87. The number of allylic oxidation sites excluding steroid dienone is 18. The van der Waals surface area contributed by atoms with Crippen LogP contribution >= 0.6 is 0 Å². The van der Waals surface area contributed by atoms with Crippen molar-refractivity contribution in [3.63, 3.8) is 0 Å². The Balaban J connectivity index is 2.58. The van der Waals surface area contributed by atoms with E-state index in [0.29, 0.717) is 5.92 Å². The van der Waals surface area contributed by atoms with E-state index in [-0.39, 0.29) is 5.41 Å². The summed E-state index contributed by atoms with van der Waals surface area (Å²) in [5, 5.41) is 0. The third-order valence-electron chi connectivity index (χ3n) is 4.52. The van der Waals surface area contributed by atoms with Gasteiger partial charge in [-0.05, 0) is 62.0 Å². The fourth-order valence-electron chi connectivity index (χ4n) is 3.16. The minimum absolute atomic E-state index is 0.0899. The van der Waals surface area contributed by atoms with Crippen LogP contribution in [-0.4, -0.2) is 0 Å². The van der Waals surface area contributed by atoms with Gasteiger partial charge in [0.2, 0.25) is 0 Å².